The number of hydrogen-bond acceptors (Lipinski definition) is 3. The van der Waals surface area contributed by atoms with E-state index in [1.807, 2.05) is 0 Å². The number of thioether (sulfide) groups is 1. The van der Waals surface area contributed by atoms with Gasteiger partial charge in [-0.3, -0.25) is 4.79 Å². The maximum atomic E-state index is 11.0. The van der Waals surface area contributed by atoms with Gasteiger partial charge in [-0.05, 0) is 0 Å². The zero-order valence-electron chi connectivity index (χ0n) is 5.05. The van der Waals surface area contributed by atoms with Crippen molar-refractivity contribution in [2.45, 2.75) is 7.94 Å². The van der Waals surface area contributed by atoms with E-state index in [1.165, 1.54) is 0 Å². The molecule has 1 atom stereocenters. The summed E-state index contributed by atoms with van der Waals surface area (Å²) in [6.45, 7) is 0. The molecule has 11 heavy (non-hydrogen) atoms. The summed E-state index contributed by atoms with van der Waals surface area (Å²) in [6, 6.07) is 0. The van der Waals surface area contributed by atoms with Gasteiger partial charge in [-0.15, -0.1) is 0 Å². The highest BCUT2D eigenvalue weighted by molar-refractivity contribution is 9.26. The summed E-state index contributed by atoms with van der Waals surface area (Å²) in [5.74, 6) is -0.323. The lowest BCUT2D eigenvalue weighted by Gasteiger charge is -2.15. The monoisotopic (exact) mass is 320 g/mol. The fourth-order valence-electron chi connectivity index (χ4n) is 0.572. The Balaban J connectivity index is 2.75. The zero-order chi connectivity index (χ0) is 8.65. The molecule has 1 heterocycles. The van der Waals surface area contributed by atoms with Gasteiger partial charge in [0.15, 0.2) is 7.86 Å². The molecule has 0 aromatic carbocycles. The van der Waals surface area contributed by atoms with Crippen molar-refractivity contribution >= 4 is 66.3 Å². The number of aliphatic imine (C=N–C) groups is 1. The number of hydrogen-bond donors (Lipinski definition) is 1. The number of halogens is 3. The first-order valence-electron chi connectivity index (χ1n) is 2.52. The van der Waals surface area contributed by atoms with E-state index in [2.05, 4.69) is 36.9 Å². The van der Waals surface area contributed by atoms with E-state index in [0.717, 1.165) is 11.8 Å². The Morgan fingerprint density at radius 2 is 2.27 bits per heavy atom. The standard InChI is InChI=1S/C4H3Br2ClN2OS/c5-4(6,7)1-2(10)9-3(8)11-1/h1H,(H2,8,9,10). The molecule has 0 radical (unpaired) electrons. The predicted octanol–water partition coefficient (Wildman–Crippen LogP) is 1.63. The van der Waals surface area contributed by atoms with Crippen LogP contribution >= 0.6 is 55.2 Å². The summed E-state index contributed by atoms with van der Waals surface area (Å²) in [6.07, 6.45) is 0. The van der Waals surface area contributed by atoms with Gasteiger partial charge in [0.25, 0.3) is 5.91 Å². The first kappa shape index (κ1) is 9.83. The topological polar surface area (TPSA) is 55.4 Å². The molecule has 0 aromatic rings. The van der Waals surface area contributed by atoms with Crippen LogP contribution in [0.15, 0.2) is 4.99 Å². The molecule has 0 aromatic heterocycles. The molecular weight excluding hydrogens is 319 g/mol. The summed E-state index contributed by atoms with van der Waals surface area (Å²) >= 11 is 13.1. The molecule has 0 fully saturated rings. The van der Waals surface area contributed by atoms with Crippen LogP contribution in [0.1, 0.15) is 0 Å². The van der Waals surface area contributed by atoms with E-state index in [0.29, 0.717) is 0 Å². The molecule has 3 nitrogen and oxygen atoms in total. The highest BCUT2D eigenvalue weighted by atomic mass is 79.9. The Kier molecular flexibility index (Phi) is 2.89. The van der Waals surface area contributed by atoms with Crippen molar-refractivity contribution in [2.24, 2.45) is 10.7 Å². The van der Waals surface area contributed by atoms with E-state index < -0.39 is 7.94 Å². The summed E-state index contributed by atoms with van der Waals surface area (Å²) in [5, 5.41) is -0.243. The van der Waals surface area contributed by atoms with Crippen molar-refractivity contribution in [1.82, 2.24) is 0 Å². The molecule has 7 heteroatoms. The molecule has 0 saturated carbocycles. The number of nitrogens with zero attached hydrogens (tertiary/aromatic N) is 1. The van der Waals surface area contributed by atoms with Crippen molar-refractivity contribution in [2.75, 3.05) is 0 Å². The minimum Gasteiger partial charge on any atom is -0.378 e. The van der Waals surface area contributed by atoms with Crippen molar-refractivity contribution in [3.05, 3.63) is 0 Å². The molecule has 0 aliphatic carbocycles. The molecule has 0 spiro atoms. The van der Waals surface area contributed by atoms with Crippen LogP contribution in [0.2, 0.25) is 0 Å². The van der Waals surface area contributed by atoms with Crippen molar-refractivity contribution in [3.63, 3.8) is 0 Å². The first-order valence-corrected chi connectivity index (χ1v) is 5.37. The Morgan fingerprint density at radius 1 is 1.73 bits per heavy atom. The molecule has 1 aliphatic rings. The summed E-state index contributed by atoms with van der Waals surface area (Å²) in [7, 11) is 0. The summed E-state index contributed by atoms with van der Waals surface area (Å²) in [4.78, 5) is 14.5. The summed E-state index contributed by atoms with van der Waals surface area (Å²) < 4.78 is -0.952. The number of amides is 1. The SMILES string of the molecule is NC1=NC(=O)C(C(Cl)(Br)Br)S1. The van der Waals surface area contributed by atoms with Gasteiger partial charge in [-0.2, -0.15) is 4.99 Å². The normalized spacial score (nSPS) is 25.5. The highest BCUT2D eigenvalue weighted by Crippen LogP contribution is 2.43. The Hall–Kier alpha value is 0.740. The molecule has 1 amide bonds. The number of amidine groups is 1. The van der Waals surface area contributed by atoms with Crippen molar-refractivity contribution in [1.29, 1.82) is 0 Å². The third-order valence-corrected chi connectivity index (χ3v) is 3.97. The lowest BCUT2D eigenvalue weighted by molar-refractivity contribution is -0.116. The van der Waals surface area contributed by atoms with Gasteiger partial charge < -0.3 is 5.73 Å². The molecule has 62 valence electrons. The van der Waals surface area contributed by atoms with Crippen LogP contribution < -0.4 is 5.73 Å². The van der Waals surface area contributed by atoms with Crippen LogP contribution in [0.25, 0.3) is 0 Å². The van der Waals surface area contributed by atoms with Crippen LogP contribution in [-0.2, 0) is 4.79 Å². The van der Waals surface area contributed by atoms with Crippen molar-refractivity contribution < 1.29 is 4.79 Å². The van der Waals surface area contributed by atoms with Gasteiger partial charge in [-0.25, -0.2) is 0 Å². The minimum absolute atomic E-state index is 0.254. The van der Waals surface area contributed by atoms with Crippen LogP contribution in [-0.4, -0.2) is 19.0 Å². The van der Waals surface area contributed by atoms with E-state index in [1.54, 1.807) is 0 Å². The van der Waals surface area contributed by atoms with Crippen LogP contribution in [0.5, 0.6) is 0 Å². The number of alkyl halides is 3. The lowest BCUT2D eigenvalue weighted by Crippen LogP contribution is -2.26. The van der Waals surface area contributed by atoms with Gasteiger partial charge in [0, 0.05) is 0 Å². The largest absolute Gasteiger partial charge is 0.378 e. The average Bonchev–Trinajstić information content (AvgIpc) is 2.08. The second-order valence-corrected chi connectivity index (χ2v) is 8.03. The number of carbonyl (C=O) groups is 1. The Morgan fingerprint density at radius 3 is 2.45 bits per heavy atom. The van der Waals surface area contributed by atoms with Crippen LogP contribution in [0.3, 0.4) is 0 Å². The lowest BCUT2D eigenvalue weighted by atomic mass is 10.4. The smallest absolute Gasteiger partial charge is 0.265 e. The van der Waals surface area contributed by atoms with E-state index in [9.17, 15) is 4.79 Å². The maximum Gasteiger partial charge on any atom is 0.265 e. The Labute approximate surface area is 89.4 Å². The molecule has 0 bridgehead atoms. The fourth-order valence-corrected chi connectivity index (χ4v) is 2.42. The molecule has 2 N–H and O–H groups in total. The summed E-state index contributed by atoms with van der Waals surface area (Å²) in [5.41, 5.74) is 5.30. The third kappa shape index (κ3) is 2.34. The fraction of sp³-hybridized carbons (Fsp3) is 0.500. The molecule has 1 rings (SSSR count). The van der Waals surface area contributed by atoms with Gasteiger partial charge in [0.1, 0.15) is 5.25 Å². The number of rotatable bonds is 1. The molecule has 0 saturated heterocycles. The van der Waals surface area contributed by atoms with Gasteiger partial charge in [0.05, 0.1) is 0 Å². The maximum absolute atomic E-state index is 11.0. The molecule has 1 aliphatic heterocycles. The minimum atomic E-state index is -0.952. The zero-order valence-corrected chi connectivity index (χ0v) is 9.80. The quantitative estimate of drug-likeness (QED) is 0.747. The number of carbonyl (C=O) groups excluding carboxylic acids is 1. The average molecular weight is 322 g/mol. The number of nitrogens with two attached hydrogens (primary N) is 1. The van der Waals surface area contributed by atoms with Gasteiger partial charge >= 0.3 is 0 Å². The van der Waals surface area contributed by atoms with E-state index >= 15 is 0 Å². The van der Waals surface area contributed by atoms with Crippen LogP contribution in [0, 0.1) is 0 Å². The van der Waals surface area contributed by atoms with Gasteiger partial charge in [-0.1, -0.05) is 55.2 Å². The van der Waals surface area contributed by atoms with Gasteiger partial charge in [0.2, 0.25) is 0 Å². The second kappa shape index (κ2) is 3.24. The second-order valence-electron chi connectivity index (χ2n) is 1.83. The first-order chi connectivity index (χ1) is 4.91. The molecule has 1 unspecified atom stereocenters. The van der Waals surface area contributed by atoms with Crippen LogP contribution in [0.4, 0.5) is 0 Å². The predicted molar refractivity (Wildman–Crippen MR) is 54.4 cm³/mol. The highest BCUT2D eigenvalue weighted by Gasteiger charge is 2.42. The van der Waals surface area contributed by atoms with E-state index in [4.69, 9.17) is 17.3 Å². The Bertz CT molecular complexity index is 227. The van der Waals surface area contributed by atoms with Crippen molar-refractivity contribution in [3.8, 4) is 0 Å². The molecular formula is C4H3Br2ClN2OS. The third-order valence-electron chi connectivity index (χ3n) is 0.981. The van der Waals surface area contributed by atoms with E-state index in [-0.39, 0.29) is 11.1 Å².